The summed E-state index contributed by atoms with van der Waals surface area (Å²) < 4.78 is 0. The van der Waals surface area contributed by atoms with Gasteiger partial charge >= 0.3 is 6.03 Å². The molecule has 0 unspecified atom stereocenters. The van der Waals surface area contributed by atoms with Crippen LogP contribution in [0.1, 0.15) is 30.1 Å². The first-order valence-electron chi connectivity index (χ1n) is 7.26. The number of hydrogen-bond donors (Lipinski definition) is 1. The average molecular weight is 280 g/mol. The molecule has 0 saturated carbocycles. The topological polar surface area (TPSA) is 58.1 Å². The Morgan fingerprint density at radius 1 is 1.24 bits per heavy atom. The second-order valence-corrected chi connectivity index (χ2v) is 5.58. The van der Waals surface area contributed by atoms with Gasteiger partial charge in [0.1, 0.15) is 6.33 Å². The number of nitrogens with zero attached hydrogens (tertiary/aromatic N) is 3. The fraction of sp³-hybridized carbons (Fsp3) is 0.312. The maximum absolute atomic E-state index is 12.6. The monoisotopic (exact) mass is 280 g/mol. The highest BCUT2D eigenvalue weighted by molar-refractivity contribution is 5.90. The Balaban J connectivity index is 1.61. The fourth-order valence-corrected chi connectivity index (χ4v) is 3.44. The molecule has 106 valence electrons. The maximum Gasteiger partial charge on any atom is 0.322 e. The lowest BCUT2D eigenvalue weighted by atomic mass is 10.00. The van der Waals surface area contributed by atoms with Crippen LogP contribution < -0.4 is 5.32 Å². The first-order valence-corrected chi connectivity index (χ1v) is 7.26. The molecule has 5 heteroatoms. The van der Waals surface area contributed by atoms with Gasteiger partial charge in [-0.2, -0.15) is 0 Å². The van der Waals surface area contributed by atoms with Gasteiger partial charge in [0.05, 0.1) is 11.7 Å². The van der Waals surface area contributed by atoms with Crippen LogP contribution in [-0.2, 0) is 6.42 Å². The molecule has 3 heterocycles. The highest BCUT2D eigenvalue weighted by atomic mass is 16.2. The number of anilines is 1. The molecule has 1 aromatic heterocycles. The molecule has 2 bridgehead atoms. The van der Waals surface area contributed by atoms with Crippen LogP contribution in [0.25, 0.3) is 0 Å². The van der Waals surface area contributed by atoms with E-state index in [0.29, 0.717) is 0 Å². The van der Waals surface area contributed by atoms with Crippen LogP contribution in [0.5, 0.6) is 0 Å². The minimum atomic E-state index is -0.0248. The third kappa shape index (κ3) is 2.05. The number of fused-ring (bicyclic) bond motifs is 4. The maximum atomic E-state index is 12.6. The molecule has 0 spiro atoms. The molecule has 0 aliphatic carbocycles. The number of carbonyl (C=O) groups excluding carboxylic acids is 1. The minimum Gasteiger partial charge on any atom is -0.314 e. The number of carbonyl (C=O) groups is 1. The number of nitrogens with one attached hydrogen (secondary N) is 1. The zero-order valence-electron chi connectivity index (χ0n) is 11.6. The van der Waals surface area contributed by atoms with Crippen molar-refractivity contribution < 1.29 is 4.79 Å². The average Bonchev–Trinajstić information content (AvgIpc) is 2.84. The van der Waals surface area contributed by atoms with Gasteiger partial charge in [-0.25, -0.2) is 14.8 Å². The van der Waals surface area contributed by atoms with Crippen LogP contribution in [0.3, 0.4) is 0 Å². The molecule has 0 radical (unpaired) electrons. The zero-order valence-corrected chi connectivity index (χ0v) is 11.6. The lowest BCUT2D eigenvalue weighted by Crippen LogP contribution is -2.44. The summed E-state index contributed by atoms with van der Waals surface area (Å²) in [5, 5.41) is 2.99. The van der Waals surface area contributed by atoms with Crippen molar-refractivity contribution in [2.75, 3.05) is 5.32 Å². The second-order valence-electron chi connectivity index (χ2n) is 5.58. The summed E-state index contributed by atoms with van der Waals surface area (Å²) in [4.78, 5) is 23.1. The predicted molar refractivity (Wildman–Crippen MR) is 78.8 cm³/mol. The molecule has 1 saturated heterocycles. The van der Waals surface area contributed by atoms with Crippen LogP contribution in [0, 0.1) is 0 Å². The molecule has 5 nitrogen and oxygen atoms in total. The summed E-state index contributed by atoms with van der Waals surface area (Å²) in [5.41, 5.74) is 3.03. The highest BCUT2D eigenvalue weighted by Crippen LogP contribution is 2.42. The molecule has 2 amide bonds. The van der Waals surface area contributed by atoms with E-state index >= 15 is 0 Å². The van der Waals surface area contributed by atoms with Crippen molar-refractivity contribution in [2.45, 2.75) is 31.3 Å². The molecular weight excluding hydrogens is 264 g/mol. The van der Waals surface area contributed by atoms with E-state index in [9.17, 15) is 4.79 Å². The normalized spacial score (nSPS) is 22.8. The van der Waals surface area contributed by atoms with E-state index in [2.05, 4.69) is 15.3 Å². The largest absolute Gasteiger partial charge is 0.322 e. The molecule has 21 heavy (non-hydrogen) atoms. The van der Waals surface area contributed by atoms with Crippen molar-refractivity contribution in [1.82, 2.24) is 14.9 Å². The number of benzene rings is 1. The predicted octanol–water partition coefficient (Wildman–Crippen LogP) is 2.77. The lowest BCUT2D eigenvalue weighted by Gasteiger charge is -2.35. The van der Waals surface area contributed by atoms with E-state index < -0.39 is 0 Å². The van der Waals surface area contributed by atoms with E-state index in [4.69, 9.17) is 0 Å². The third-order valence-electron chi connectivity index (χ3n) is 4.38. The van der Waals surface area contributed by atoms with Gasteiger partial charge < -0.3 is 10.2 Å². The molecule has 2 aliphatic rings. The van der Waals surface area contributed by atoms with Crippen LogP contribution in [0.2, 0.25) is 0 Å². The number of aromatic nitrogens is 2. The minimum absolute atomic E-state index is 0.0248. The van der Waals surface area contributed by atoms with Gasteiger partial charge in [-0.15, -0.1) is 0 Å². The van der Waals surface area contributed by atoms with Gasteiger partial charge in [-0.05, 0) is 25.0 Å². The van der Waals surface area contributed by atoms with Gasteiger partial charge in [0, 0.05) is 29.9 Å². The summed E-state index contributed by atoms with van der Waals surface area (Å²) in [7, 11) is 0. The SMILES string of the molecule is O=C(Nc1ccccc1)N1[C@H]2CC[C@@H]1c1cncnc1C2. The van der Waals surface area contributed by atoms with E-state index in [1.165, 1.54) is 0 Å². The number of rotatable bonds is 1. The van der Waals surface area contributed by atoms with E-state index in [0.717, 1.165) is 36.2 Å². The van der Waals surface area contributed by atoms with Crippen molar-refractivity contribution in [2.24, 2.45) is 0 Å². The zero-order chi connectivity index (χ0) is 14.2. The molecule has 2 aromatic rings. The molecule has 1 fully saturated rings. The second kappa shape index (κ2) is 4.84. The summed E-state index contributed by atoms with van der Waals surface area (Å²) in [6.07, 6.45) is 6.31. The van der Waals surface area contributed by atoms with Crippen molar-refractivity contribution in [3.05, 3.63) is 54.1 Å². The first kappa shape index (κ1) is 12.3. The van der Waals surface area contributed by atoms with E-state index in [1.54, 1.807) is 6.33 Å². The third-order valence-corrected chi connectivity index (χ3v) is 4.38. The molecule has 4 rings (SSSR count). The van der Waals surface area contributed by atoms with Crippen molar-refractivity contribution >= 4 is 11.7 Å². The van der Waals surface area contributed by atoms with Gasteiger partial charge in [-0.3, -0.25) is 0 Å². The smallest absolute Gasteiger partial charge is 0.314 e. The Morgan fingerprint density at radius 2 is 2.10 bits per heavy atom. The van der Waals surface area contributed by atoms with Gasteiger partial charge in [0.15, 0.2) is 0 Å². The molecule has 1 aromatic carbocycles. The first-order chi connectivity index (χ1) is 10.3. The van der Waals surface area contributed by atoms with Crippen molar-refractivity contribution in [1.29, 1.82) is 0 Å². The van der Waals surface area contributed by atoms with Crippen molar-refractivity contribution in [3.63, 3.8) is 0 Å². The summed E-state index contributed by atoms with van der Waals surface area (Å²) in [6.45, 7) is 0. The van der Waals surface area contributed by atoms with Gasteiger partial charge in [0.25, 0.3) is 0 Å². The van der Waals surface area contributed by atoms with Crippen molar-refractivity contribution in [3.8, 4) is 0 Å². The quantitative estimate of drug-likeness (QED) is 0.873. The van der Waals surface area contributed by atoms with Crippen LogP contribution in [0.15, 0.2) is 42.9 Å². The summed E-state index contributed by atoms with van der Waals surface area (Å²) >= 11 is 0. The lowest BCUT2D eigenvalue weighted by molar-refractivity contribution is 0.178. The van der Waals surface area contributed by atoms with Crippen LogP contribution in [-0.4, -0.2) is 26.9 Å². The van der Waals surface area contributed by atoms with Gasteiger partial charge in [-0.1, -0.05) is 18.2 Å². The number of amides is 2. The Hall–Kier alpha value is -2.43. The highest BCUT2D eigenvalue weighted by Gasteiger charge is 2.43. The Labute approximate surface area is 123 Å². The van der Waals surface area contributed by atoms with E-state index in [-0.39, 0.29) is 18.1 Å². The van der Waals surface area contributed by atoms with Crippen LogP contribution >= 0.6 is 0 Å². The Morgan fingerprint density at radius 3 is 2.95 bits per heavy atom. The van der Waals surface area contributed by atoms with E-state index in [1.807, 2.05) is 41.4 Å². The molecular formula is C16H16N4O. The molecule has 1 N–H and O–H groups in total. The fourth-order valence-electron chi connectivity index (χ4n) is 3.44. The number of para-hydroxylation sites is 1. The summed E-state index contributed by atoms with van der Waals surface area (Å²) in [6, 6.07) is 9.93. The number of hydrogen-bond acceptors (Lipinski definition) is 3. The summed E-state index contributed by atoms with van der Waals surface area (Å²) in [5.74, 6) is 0. The Kier molecular flexibility index (Phi) is 2.84. The van der Waals surface area contributed by atoms with Gasteiger partial charge in [0.2, 0.25) is 0 Å². The Bertz CT molecular complexity index is 673. The number of urea groups is 1. The standard InChI is InChI=1S/C16H16N4O/c21-16(19-11-4-2-1-3-5-11)20-12-6-7-15(20)13-9-17-10-18-14(13)8-12/h1-5,9-10,12,15H,6-8H2,(H,19,21)/t12-,15+/m0/s1. The molecule has 2 atom stereocenters. The van der Waals surface area contributed by atoms with Crippen LogP contribution in [0.4, 0.5) is 10.5 Å². The molecule has 2 aliphatic heterocycles.